The lowest BCUT2D eigenvalue weighted by Gasteiger charge is -2.39. The molecular formula is C40H57N7O14. The molecule has 0 aromatic heterocycles. The standard InChI is InChI=1S/C40H57N7O14/c1-7-10-25(34(55)39(60)41-18-31(53)54)43-37(58)28-17-23-11-8-9-12-24(23)19-47(28)40(61)33(21(4)5)46-38(59)32(20(2)3)45-36(57)27(14-16-30(51)52)44-35(56)26(42-22(6)48)13-15-29(49)50/h8-9,11-12,20-21,25-28,32-33H,7,10,13-19H2,1-6H3,(H,41,60)(H,42,48)(H,43,58)(H,44,56)(H,45,57)(H,46,59)(H,49,50)(H,51,52)(H,53,54)/t25-,26-,27-,28-,32-,33-/m0/s1. The average Bonchev–Trinajstić information content (AvgIpc) is 3.18. The van der Waals surface area contributed by atoms with Gasteiger partial charge < -0.3 is 52.1 Å². The van der Waals surface area contributed by atoms with Crippen molar-refractivity contribution in [2.75, 3.05) is 6.54 Å². The second kappa shape index (κ2) is 24.0. The molecule has 7 amide bonds. The van der Waals surface area contributed by atoms with Gasteiger partial charge in [0.15, 0.2) is 0 Å². The van der Waals surface area contributed by atoms with Gasteiger partial charge in [-0.1, -0.05) is 65.3 Å². The van der Waals surface area contributed by atoms with Crippen molar-refractivity contribution in [3.63, 3.8) is 0 Å². The number of nitrogens with zero attached hydrogens (tertiary/aromatic N) is 1. The Bertz CT molecular complexity index is 1830. The Kier molecular flexibility index (Phi) is 20.0. The van der Waals surface area contributed by atoms with E-state index < -0.39 is 139 Å². The van der Waals surface area contributed by atoms with Crippen molar-refractivity contribution < 1.29 is 68.1 Å². The number of carboxylic acids is 3. The lowest BCUT2D eigenvalue weighted by atomic mass is 9.91. The number of rotatable bonds is 24. The monoisotopic (exact) mass is 859 g/mol. The zero-order valence-corrected chi connectivity index (χ0v) is 35.1. The molecule has 21 heteroatoms. The minimum absolute atomic E-state index is 0.00200. The van der Waals surface area contributed by atoms with Crippen LogP contribution in [0, 0.1) is 11.8 Å². The number of nitrogens with one attached hydrogen (secondary N) is 6. The molecule has 0 saturated carbocycles. The fourth-order valence-electron chi connectivity index (χ4n) is 6.53. The number of Topliss-reactive ketones (excluding diaryl/α,β-unsaturated/α-hetero) is 1. The van der Waals surface area contributed by atoms with Gasteiger partial charge in [0, 0.05) is 32.7 Å². The van der Waals surface area contributed by atoms with Crippen molar-refractivity contribution in [1.82, 2.24) is 36.8 Å². The summed E-state index contributed by atoms with van der Waals surface area (Å²) < 4.78 is 0. The van der Waals surface area contributed by atoms with Gasteiger partial charge in [-0.3, -0.25) is 52.7 Å². The van der Waals surface area contributed by atoms with E-state index in [0.29, 0.717) is 12.0 Å². The minimum atomic E-state index is -1.55. The van der Waals surface area contributed by atoms with Crippen LogP contribution in [0.15, 0.2) is 24.3 Å². The third kappa shape index (κ3) is 15.9. The highest BCUT2D eigenvalue weighted by Gasteiger charge is 2.41. The summed E-state index contributed by atoms with van der Waals surface area (Å²) in [6, 6.07) is -1.15. The summed E-state index contributed by atoms with van der Waals surface area (Å²) >= 11 is 0. The number of fused-ring (bicyclic) bond motifs is 1. The van der Waals surface area contributed by atoms with Crippen molar-refractivity contribution in [3.8, 4) is 0 Å². The predicted molar refractivity (Wildman–Crippen MR) is 214 cm³/mol. The summed E-state index contributed by atoms with van der Waals surface area (Å²) in [4.78, 5) is 141. The van der Waals surface area contributed by atoms with E-state index in [-0.39, 0.29) is 25.8 Å². The van der Waals surface area contributed by atoms with Crippen molar-refractivity contribution in [2.24, 2.45) is 11.8 Å². The largest absolute Gasteiger partial charge is 0.481 e. The Morgan fingerprint density at radius 2 is 1.18 bits per heavy atom. The summed E-state index contributed by atoms with van der Waals surface area (Å²) in [7, 11) is 0. The normalized spacial score (nSPS) is 15.7. The van der Waals surface area contributed by atoms with Crippen LogP contribution in [0.4, 0.5) is 0 Å². The minimum Gasteiger partial charge on any atom is -0.481 e. The zero-order valence-electron chi connectivity index (χ0n) is 35.1. The molecular weight excluding hydrogens is 802 g/mol. The number of carboxylic acid groups (broad SMARTS) is 3. The van der Waals surface area contributed by atoms with Crippen LogP contribution >= 0.6 is 0 Å². The van der Waals surface area contributed by atoms with Crippen LogP contribution in [0.5, 0.6) is 0 Å². The Hall–Kier alpha value is -6.41. The van der Waals surface area contributed by atoms with Gasteiger partial charge in [-0.05, 0) is 42.2 Å². The van der Waals surface area contributed by atoms with Crippen LogP contribution in [-0.4, -0.2) is 128 Å². The molecule has 0 saturated heterocycles. The average molecular weight is 860 g/mol. The Morgan fingerprint density at radius 3 is 1.69 bits per heavy atom. The van der Waals surface area contributed by atoms with Crippen LogP contribution in [0.25, 0.3) is 0 Å². The van der Waals surface area contributed by atoms with E-state index >= 15 is 0 Å². The van der Waals surface area contributed by atoms with Gasteiger partial charge in [0.05, 0.1) is 6.04 Å². The summed E-state index contributed by atoms with van der Waals surface area (Å²) in [6.07, 6.45) is -1.53. The molecule has 1 aromatic rings. The van der Waals surface area contributed by atoms with Crippen molar-refractivity contribution in [2.45, 2.75) is 129 Å². The molecule has 0 aliphatic carbocycles. The predicted octanol–water partition coefficient (Wildman–Crippen LogP) is -1.00. The van der Waals surface area contributed by atoms with E-state index in [4.69, 9.17) is 10.2 Å². The first-order valence-corrected chi connectivity index (χ1v) is 19.9. The van der Waals surface area contributed by atoms with Gasteiger partial charge in [-0.25, -0.2) is 0 Å². The molecule has 336 valence electrons. The summed E-state index contributed by atoms with van der Waals surface area (Å²) in [5.74, 6) is -12.4. The van der Waals surface area contributed by atoms with Crippen LogP contribution in [-0.2, 0) is 65.7 Å². The number of ketones is 1. The maximum Gasteiger partial charge on any atom is 0.322 e. The van der Waals surface area contributed by atoms with E-state index in [1.54, 1.807) is 58.9 Å². The van der Waals surface area contributed by atoms with E-state index in [1.807, 2.05) is 5.32 Å². The Labute approximate surface area is 352 Å². The molecule has 1 aromatic carbocycles. The fraction of sp³-hybridized carbons (Fsp3) is 0.575. The number of amides is 7. The first-order chi connectivity index (χ1) is 28.6. The number of aliphatic carboxylic acids is 3. The molecule has 0 fully saturated rings. The van der Waals surface area contributed by atoms with Crippen molar-refractivity contribution in [1.29, 1.82) is 0 Å². The van der Waals surface area contributed by atoms with E-state index in [1.165, 1.54) is 4.90 Å². The topological polar surface area (TPSA) is 324 Å². The molecule has 21 nitrogen and oxygen atoms in total. The van der Waals surface area contributed by atoms with Gasteiger partial charge in [0.25, 0.3) is 5.91 Å². The zero-order chi connectivity index (χ0) is 46.1. The highest BCUT2D eigenvalue weighted by molar-refractivity contribution is 6.38. The summed E-state index contributed by atoms with van der Waals surface area (Å²) in [6.45, 7) is 8.33. The second-order valence-electron chi connectivity index (χ2n) is 15.4. The van der Waals surface area contributed by atoms with E-state index in [9.17, 15) is 57.8 Å². The molecule has 0 unspecified atom stereocenters. The van der Waals surface area contributed by atoms with Gasteiger partial charge in [0.1, 0.15) is 36.8 Å². The highest BCUT2D eigenvalue weighted by atomic mass is 16.4. The molecule has 6 atom stereocenters. The van der Waals surface area contributed by atoms with Crippen LogP contribution in [0.3, 0.4) is 0 Å². The number of benzene rings is 1. The molecule has 1 aliphatic rings. The Morgan fingerprint density at radius 1 is 0.656 bits per heavy atom. The maximum absolute atomic E-state index is 14.5. The van der Waals surface area contributed by atoms with Gasteiger partial charge in [0.2, 0.25) is 41.2 Å². The molecule has 0 spiro atoms. The number of hydrogen-bond donors (Lipinski definition) is 9. The summed E-state index contributed by atoms with van der Waals surface area (Å²) in [5, 5.41) is 41.8. The lowest BCUT2D eigenvalue weighted by molar-refractivity contribution is -0.147. The van der Waals surface area contributed by atoms with Gasteiger partial charge in [-0.15, -0.1) is 0 Å². The van der Waals surface area contributed by atoms with E-state index in [2.05, 4.69) is 26.6 Å². The quantitative estimate of drug-likeness (QED) is 0.0564. The molecule has 0 radical (unpaired) electrons. The maximum atomic E-state index is 14.5. The molecule has 2 rings (SSSR count). The SMILES string of the molecule is CCC[C@H](NC(=O)[C@@H]1Cc2ccccc2CN1C(=O)[C@@H](NC(=O)[C@@H](NC(=O)[C@H](CCC(=O)O)NC(=O)[C@H](CCC(=O)O)NC(C)=O)C(C)C)C(C)C)C(=O)C(=O)NCC(=O)O. The van der Waals surface area contributed by atoms with Crippen LogP contribution < -0.4 is 31.9 Å². The molecule has 0 bridgehead atoms. The summed E-state index contributed by atoms with van der Waals surface area (Å²) in [5.41, 5.74) is 1.43. The van der Waals surface area contributed by atoms with Gasteiger partial charge in [-0.2, -0.15) is 0 Å². The van der Waals surface area contributed by atoms with Gasteiger partial charge >= 0.3 is 17.9 Å². The lowest BCUT2D eigenvalue weighted by Crippen LogP contribution is -2.63. The first-order valence-electron chi connectivity index (χ1n) is 19.9. The number of carbonyl (C=O) groups excluding carboxylic acids is 8. The molecule has 61 heavy (non-hydrogen) atoms. The fourth-order valence-corrected chi connectivity index (χ4v) is 6.53. The first kappa shape index (κ1) is 50.7. The highest BCUT2D eigenvalue weighted by Crippen LogP contribution is 2.26. The van der Waals surface area contributed by atoms with Crippen LogP contribution in [0.1, 0.15) is 91.2 Å². The Balaban J connectivity index is 2.41. The molecule has 1 aliphatic heterocycles. The smallest absolute Gasteiger partial charge is 0.322 e. The van der Waals surface area contributed by atoms with Crippen molar-refractivity contribution >= 4 is 65.0 Å². The van der Waals surface area contributed by atoms with Crippen molar-refractivity contribution in [3.05, 3.63) is 35.4 Å². The second-order valence-corrected chi connectivity index (χ2v) is 15.4. The molecule has 9 N–H and O–H groups in total. The van der Waals surface area contributed by atoms with E-state index in [0.717, 1.165) is 12.5 Å². The number of hydrogen-bond acceptors (Lipinski definition) is 11. The number of carbonyl (C=O) groups is 11. The van der Waals surface area contributed by atoms with Crippen LogP contribution in [0.2, 0.25) is 0 Å². The third-order valence-corrected chi connectivity index (χ3v) is 9.77. The third-order valence-electron chi connectivity index (χ3n) is 9.77. The molecule has 1 heterocycles.